The summed E-state index contributed by atoms with van der Waals surface area (Å²) in [6, 6.07) is 0. The van der Waals surface area contributed by atoms with Crippen LogP contribution in [0, 0.1) is 0 Å². The van der Waals surface area contributed by atoms with Gasteiger partial charge in [0.05, 0.1) is 0 Å². The van der Waals surface area contributed by atoms with E-state index in [-0.39, 0.29) is 31.0 Å². The normalized spacial score (nSPS) is 7.20. The van der Waals surface area contributed by atoms with Crippen LogP contribution in [0.4, 0.5) is 0 Å². The molecule has 0 aliphatic heterocycles. The first-order chi connectivity index (χ1) is 1.73. The molecule has 0 atom stereocenters. The predicted molar refractivity (Wildman–Crippen MR) is 24.5 cm³/mol. The minimum atomic E-state index is -0.543. The fraction of sp³-hybridized carbons (Fsp3) is 1.00. The van der Waals surface area contributed by atoms with Crippen LogP contribution in [-0.2, 0) is 0 Å². The molecule has 2 heteroatoms. The second-order valence-electron chi connectivity index (χ2n) is 1.50. The molecule has 0 aliphatic carbocycles. The molecule has 27 valence electrons. The maximum atomic E-state index is 2.36. The van der Waals surface area contributed by atoms with E-state index in [2.05, 4.69) is 14.8 Å². The third-order valence-electron chi connectivity index (χ3n) is 0. The Morgan fingerprint density at radius 3 is 1.20 bits per heavy atom. The zero-order valence-corrected chi connectivity index (χ0v) is 9.35. The predicted octanol–water partition coefficient (Wildman–Crippen LogP) is -1.51. The van der Waals surface area contributed by atoms with E-state index in [1.807, 2.05) is 0 Å². The maximum Gasteiger partial charge on any atom is 1.00 e. The summed E-state index contributed by atoms with van der Waals surface area (Å²) in [7, 11) is 0. The van der Waals surface area contributed by atoms with Crippen LogP contribution >= 0.6 is 0 Å². The summed E-state index contributed by atoms with van der Waals surface area (Å²) in [5.41, 5.74) is 0. The van der Waals surface area contributed by atoms with Gasteiger partial charge in [0, 0.05) is 0 Å². The van der Waals surface area contributed by atoms with Gasteiger partial charge >= 0.3 is 64.1 Å². The summed E-state index contributed by atoms with van der Waals surface area (Å²) < 4.78 is 0. The molecular formula is C3H10NaSn. The summed E-state index contributed by atoms with van der Waals surface area (Å²) in [5.74, 6) is 0. The van der Waals surface area contributed by atoms with Gasteiger partial charge in [0.15, 0.2) is 0 Å². The second kappa shape index (κ2) is 5.80. The Balaban J connectivity index is -0.0000000450. The Labute approximate surface area is 64.8 Å². The van der Waals surface area contributed by atoms with Gasteiger partial charge in [-0.3, -0.25) is 0 Å². The van der Waals surface area contributed by atoms with Crippen LogP contribution in [0.5, 0.6) is 0 Å². The minimum absolute atomic E-state index is 0. The molecule has 0 saturated heterocycles. The number of rotatable bonds is 0. The molecule has 0 unspecified atom stereocenters. The smallest absolute Gasteiger partial charge is 1.00 e. The molecule has 0 rings (SSSR count). The van der Waals surface area contributed by atoms with Crippen molar-refractivity contribution < 1.29 is 31.0 Å². The van der Waals surface area contributed by atoms with Crippen molar-refractivity contribution in [2.75, 3.05) is 0 Å². The van der Waals surface area contributed by atoms with E-state index in [9.17, 15) is 0 Å². The van der Waals surface area contributed by atoms with Crippen molar-refractivity contribution in [3.8, 4) is 0 Å². The second-order valence-corrected chi connectivity index (χ2v) is 10.1. The monoisotopic (exact) mass is 189 g/mol. The van der Waals surface area contributed by atoms with Crippen molar-refractivity contribution in [1.29, 1.82) is 0 Å². The van der Waals surface area contributed by atoms with Gasteiger partial charge in [-0.05, 0) is 0 Å². The van der Waals surface area contributed by atoms with Gasteiger partial charge in [-0.2, -0.15) is 0 Å². The zero-order chi connectivity index (χ0) is 3.58. The Hall–Kier alpha value is 1.80. The fourth-order valence-corrected chi connectivity index (χ4v) is 0. The molecular weight excluding hydrogens is 178 g/mol. The average molecular weight is 188 g/mol. The largest absolute Gasteiger partial charge is 1.00 e. The Kier molecular flexibility index (Phi) is 11.5. The summed E-state index contributed by atoms with van der Waals surface area (Å²) in [5, 5.41) is 0. The molecule has 0 nitrogen and oxygen atoms in total. The topological polar surface area (TPSA) is 0 Å². The Morgan fingerprint density at radius 1 is 1.20 bits per heavy atom. The van der Waals surface area contributed by atoms with E-state index >= 15 is 0 Å². The molecule has 0 amide bonds. The molecule has 0 aliphatic rings. The molecule has 0 N–H and O–H groups in total. The zero-order valence-electron chi connectivity index (χ0n) is 5.50. The first-order valence-corrected chi connectivity index (χ1v) is 10.1. The molecule has 0 fully saturated rings. The molecule has 0 aromatic rings. The van der Waals surface area contributed by atoms with Crippen LogP contribution in [0.2, 0.25) is 14.8 Å². The maximum absolute atomic E-state index is 2.36. The van der Waals surface area contributed by atoms with Crippen molar-refractivity contribution in [3.63, 3.8) is 0 Å². The fourth-order valence-electron chi connectivity index (χ4n) is 0. The molecule has 0 heterocycles. The van der Waals surface area contributed by atoms with E-state index in [1.54, 1.807) is 0 Å². The number of hydrogen-bond acceptors (Lipinski definition) is 0. The molecule has 5 heavy (non-hydrogen) atoms. The summed E-state index contributed by atoms with van der Waals surface area (Å²) in [6.45, 7) is 0. The first-order valence-electron chi connectivity index (χ1n) is 1.50. The Bertz CT molecular complexity index is 15.5. The molecule has 0 bridgehead atoms. The third kappa shape index (κ3) is 25.9. The third-order valence-corrected chi connectivity index (χ3v) is 0. The minimum Gasteiger partial charge on any atom is -1.00 e. The van der Waals surface area contributed by atoms with Crippen LogP contribution in [0.25, 0.3) is 0 Å². The summed E-state index contributed by atoms with van der Waals surface area (Å²) >= 11 is -0.543. The molecule has 0 aromatic carbocycles. The summed E-state index contributed by atoms with van der Waals surface area (Å²) in [6.07, 6.45) is 0. The van der Waals surface area contributed by atoms with Gasteiger partial charge in [0.2, 0.25) is 0 Å². The van der Waals surface area contributed by atoms with Crippen LogP contribution in [-0.4, -0.2) is 19.8 Å². The van der Waals surface area contributed by atoms with Gasteiger partial charge in [0.25, 0.3) is 0 Å². The van der Waals surface area contributed by atoms with Crippen molar-refractivity contribution in [2.24, 2.45) is 0 Å². The molecule has 0 saturated carbocycles. The van der Waals surface area contributed by atoms with E-state index in [1.165, 1.54) is 0 Å². The van der Waals surface area contributed by atoms with Gasteiger partial charge < -0.3 is 1.43 Å². The van der Waals surface area contributed by atoms with Crippen LogP contribution < -0.4 is 29.6 Å². The van der Waals surface area contributed by atoms with Crippen LogP contribution in [0.3, 0.4) is 0 Å². The molecule has 0 aromatic heterocycles. The SMILES string of the molecule is [CH3][Sn]([CH3])[CH3].[H-].[Na+]. The van der Waals surface area contributed by atoms with E-state index in [0.29, 0.717) is 0 Å². The van der Waals surface area contributed by atoms with Crippen LogP contribution in [0.15, 0.2) is 0 Å². The van der Waals surface area contributed by atoms with Gasteiger partial charge in [-0.1, -0.05) is 0 Å². The number of hydrogen-bond donors (Lipinski definition) is 0. The first kappa shape index (κ1) is 9.93. The van der Waals surface area contributed by atoms with Crippen molar-refractivity contribution >= 4 is 19.8 Å². The van der Waals surface area contributed by atoms with Crippen molar-refractivity contribution in [2.45, 2.75) is 14.8 Å². The van der Waals surface area contributed by atoms with Gasteiger partial charge in [-0.25, -0.2) is 0 Å². The average Bonchev–Trinajstić information content (AvgIpc) is 0.811. The summed E-state index contributed by atoms with van der Waals surface area (Å²) in [4.78, 5) is 7.09. The van der Waals surface area contributed by atoms with E-state index < -0.39 is 19.8 Å². The van der Waals surface area contributed by atoms with Gasteiger partial charge in [0.1, 0.15) is 0 Å². The standard InChI is InChI=1S/3CH3.Na.Sn.H/h3*1H3;;;/q;;;+1;;-1. The van der Waals surface area contributed by atoms with Crippen molar-refractivity contribution in [1.82, 2.24) is 0 Å². The van der Waals surface area contributed by atoms with Gasteiger partial charge in [-0.15, -0.1) is 0 Å². The van der Waals surface area contributed by atoms with E-state index in [0.717, 1.165) is 0 Å². The Morgan fingerprint density at radius 2 is 1.20 bits per heavy atom. The van der Waals surface area contributed by atoms with Crippen LogP contribution in [0.1, 0.15) is 1.43 Å². The quantitative estimate of drug-likeness (QED) is 0.405. The molecule has 0 spiro atoms. The van der Waals surface area contributed by atoms with E-state index in [4.69, 9.17) is 0 Å². The van der Waals surface area contributed by atoms with Crippen molar-refractivity contribution in [3.05, 3.63) is 0 Å². The molecule has 1 radical (unpaired) electrons.